The number of hydrogen-bond donors (Lipinski definition) is 1. The van der Waals surface area contributed by atoms with Crippen molar-refractivity contribution in [3.05, 3.63) is 21.3 Å². The van der Waals surface area contributed by atoms with Crippen molar-refractivity contribution in [2.45, 2.75) is 51.4 Å². The van der Waals surface area contributed by atoms with Crippen molar-refractivity contribution >= 4 is 22.9 Å². The predicted octanol–water partition coefficient (Wildman–Crippen LogP) is 4.91. The highest BCUT2D eigenvalue weighted by Crippen LogP contribution is 2.43. The summed E-state index contributed by atoms with van der Waals surface area (Å²) in [5, 5.41) is 3.52. The molecular weight excluding hydrogens is 302 g/mol. The van der Waals surface area contributed by atoms with Crippen LogP contribution in [0.1, 0.15) is 49.8 Å². The molecule has 0 bridgehead atoms. The lowest BCUT2D eigenvalue weighted by molar-refractivity contribution is 0.153. The first-order chi connectivity index (χ1) is 10.2. The second kappa shape index (κ2) is 9.14. The Morgan fingerprint density at radius 3 is 2.67 bits per heavy atom. The van der Waals surface area contributed by atoms with Gasteiger partial charge in [0.25, 0.3) is 0 Å². The van der Waals surface area contributed by atoms with Gasteiger partial charge in [-0.05, 0) is 56.2 Å². The first kappa shape index (κ1) is 17.3. The molecule has 1 fully saturated rings. The van der Waals surface area contributed by atoms with Crippen molar-refractivity contribution in [2.24, 2.45) is 5.41 Å². The third-order valence-electron chi connectivity index (χ3n) is 4.76. The van der Waals surface area contributed by atoms with Gasteiger partial charge in [-0.25, -0.2) is 0 Å². The molecule has 1 N–H and O–H groups in total. The van der Waals surface area contributed by atoms with Gasteiger partial charge in [0.1, 0.15) is 0 Å². The molecule has 2 rings (SSSR count). The van der Waals surface area contributed by atoms with Gasteiger partial charge in [0, 0.05) is 18.5 Å². The molecule has 0 aromatic carbocycles. The lowest BCUT2D eigenvalue weighted by atomic mass is 9.69. The van der Waals surface area contributed by atoms with Gasteiger partial charge in [-0.2, -0.15) is 0 Å². The van der Waals surface area contributed by atoms with Crippen LogP contribution in [0.3, 0.4) is 0 Å². The number of hydrogen-bond acceptors (Lipinski definition) is 3. The van der Waals surface area contributed by atoms with Crippen LogP contribution < -0.4 is 5.32 Å². The van der Waals surface area contributed by atoms with E-state index in [1.54, 1.807) is 18.4 Å². The maximum atomic E-state index is 6.05. The molecule has 2 nitrogen and oxygen atoms in total. The highest BCUT2D eigenvalue weighted by molar-refractivity contribution is 7.16. The second-order valence-electron chi connectivity index (χ2n) is 6.26. The molecule has 1 aliphatic rings. The van der Waals surface area contributed by atoms with E-state index in [-0.39, 0.29) is 0 Å². The molecule has 0 saturated heterocycles. The van der Waals surface area contributed by atoms with Crippen molar-refractivity contribution in [3.63, 3.8) is 0 Å². The highest BCUT2D eigenvalue weighted by Gasteiger charge is 2.31. The van der Waals surface area contributed by atoms with E-state index >= 15 is 0 Å². The summed E-state index contributed by atoms with van der Waals surface area (Å²) >= 11 is 7.79. The second-order valence-corrected chi connectivity index (χ2v) is 8.06. The van der Waals surface area contributed by atoms with E-state index in [1.165, 1.54) is 56.2 Å². The molecular formula is C17H28ClNOS. The van der Waals surface area contributed by atoms with E-state index in [1.807, 2.05) is 6.07 Å². The first-order valence-electron chi connectivity index (χ1n) is 8.18. The smallest absolute Gasteiger partial charge is 0.0931 e. The average Bonchev–Trinajstić information content (AvgIpc) is 2.92. The third-order valence-corrected chi connectivity index (χ3v) is 6.05. The fourth-order valence-corrected chi connectivity index (χ4v) is 4.54. The molecule has 1 heterocycles. The fourth-order valence-electron chi connectivity index (χ4n) is 3.45. The molecule has 0 unspecified atom stereocenters. The van der Waals surface area contributed by atoms with Crippen molar-refractivity contribution < 1.29 is 4.74 Å². The molecule has 21 heavy (non-hydrogen) atoms. The molecule has 1 aromatic heterocycles. The number of thiophene rings is 1. The van der Waals surface area contributed by atoms with Crippen LogP contribution >= 0.6 is 22.9 Å². The van der Waals surface area contributed by atoms with Crippen molar-refractivity contribution in [1.29, 1.82) is 0 Å². The standard InChI is InChI=1S/C17H28ClNOS/c1-20-14-13-19-12-11-17(8-3-2-4-9-17)10-7-15-5-6-16(18)21-15/h5-6,19H,2-4,7-14H2,1H3. The Morgan fingerprint density at radius 2 is 2.00 bits per heavy atom. The topological polar surface area (TPSA) is 21.3 Å². The summed E-state index contributed by atoms with van der Waals surface area (Å²) in [5.74, 6) is 0. The number of aryl methyl sites for hydroxylation is 1. The summed E-state index contributed by atoms with van der Waals surface area (Å²) in [5.41, 5.74) is 0.550. The summed E-state index contributed by atoms with van der Waals surface area (Å²) in [6.45, 7) is 2.89. The predicted molar refractivity (Wildman–Crippen MR) is 92.5 cm³/mol. The van der Waals surface area contributed by atoms with Crippen LogP contribution in [0.4, 0.5) is 0 Å². The Hall–Kier alpha value is -0.0900. The molecule has 0 amide bonds. The zero-order valence-corrected chi connectivity index (χ0v) is 14.7. The first-order valence-corrected chi connectivity index (χ1v) is 9.37. The van der Waals surface area contributed by atoms with Crippen LogP contribution in [0.2, 0.25) is 4.34 Å². The number of nitrogens with one attached hydrogen (secondary N) is 1. The Bertz CT molecular complexity index is 401. The van der Waals surface area contributed by atoms with Crippen LogP contribution in [0.15, 0.2) is 12.1 Å². The third kappa shape index (κ3) is 5.90. The maximum absolute atomic E-state index is 6.05. The van der Waals surface area contributed by atoms with E-state index in [9.17, 15) is 0 Å². The van der Waals surface area contributed by atoms with Gasteiger partial charge in [0.05, 0.1) is 10.9 Å². The summed E-state index contributed by atoms with van der Waals surface area (Å²) in [6, 6.07) is 4.22. The summed E-state index contributed by atoms with van der Waals surface area (Å²) < 4.78 is 6.01. The van der Waals surface area contributed by atoms with Crippen LogP contribution in [-0.2, 0) is 11.2 Å². The fraction of sp³-hybridized carbons (Fsp3) is 0.765. The van der Waals surface area contributed by atoms with Gasteiger partial charge >= 0.3 is 0 Å². The van der Waals surface area contributed by atoms with Gasteiger partial charge in [0.2, 0.25) is 0 Å². The molecule has 0 atom stereocenters. The molecule has 0 radical (unpaired) electrons. The summed E-state index contributed by atoms with van der Waals surface area (Å²) in [7, 11) is 1.76. The zero-order valence-electron chi connectivity index (χ0n) is 13.1. The Morgan fingerprint density at radius 1 is 1.19 bits per heavy atom. The quantitative estimate of drug-likeness (QED) is 0.650. The van der Waals surface area contributed by atoms with Gasteiger partial charge in [-0.3, -0.25) is 0 Å². The van der Waals surface area contributed by atoms with E-state index in [0.29, 0.717) is 5.41 Å². The molecule has 0 spiro atoms. The van der Waals surface area contributed by atoms with Crippen LogP contribution in [0.25, 0.3) is 0 Å². The minimum absolute atomic E-state index is 0.550. The van der Waals surface area contributed by atoms with Gasteiger partial charge < -0.3 is 10.1 Å². The minimum atomic E-state index is 0.550. The number of rotatable bonds is 9. The SMILES string of the molecule is COCCNCCC1(CCc2ccc(Cl)s2)CCCCC1. The number of ether oxygens (including phenoxy) is 1. The van der Waals surface area contributed by atoms with Crippen molar-refractivity contribution in [3.8, 4) is 0 Å². The van der Waals surface area contributed by atoms with E-state index < -0.39 is 0 Å². The number of halogens is 1. The molecule has 120 valence electrons. The van der Waals surface area contributed by atoms with Crippen LogP contribution in [-0.4, -0.2) is 26.8 Å². The monoisotopic (exact) mass is 329 g/mol. The van der Waals surface area contributed by atoms with Gasteiger partial charge in [-0.15, -0.1) is 11.3 Å². The highest BCUT2D eigenvalue weighted by atomic mass is 35.5. The Balaban J connectivity index is 1.81. The van der Waals surface area contributed by atoms with Crippen LogP contribution in [0, 0.1) is 5.41 Å². The van der Waals surface area contributed by atoms with E-state index in [0.717, 1.165) is 24.0 Å². The molecule has 1 aliphatic carbocycles. The Labute approximate surface area is 138 Å². The minimum Gasteiger partial charge on any atom is -0.383 e. The van der Waals surface area contributed by atoms with Gasteiger partial charge in [-0.1, -0.05) is 30.9 Å². The van der Waals surface area contributed by atoms with Crippen molar-refractivity contribution in [2.75, 3.05) is 26.8 Å². The number of methoxy groups -OCH3 is 1. The maximum Gasteiger partial charge on any atom is 0.0931 e. The molecule has 1 saturated carbocycles. The Kier molecular flexibility index (Phi) is 7.51. The normalized spacial score (nSPS) is 18.0. The molecule has 0 aliphatic heterocycles. The molecule has 1 aromatic rings. The van der Waals surface area contributed by atoms with E-state index in [2.05, 4.69) is 11.4 Å². The molecule has 4 heteroatoms. The summed E-state index contributed by atoms with van der Waals surface area (Å²) in [4.78, 5) is 1.44. The zero-order chi connectivity index (χ0) is 15.0. The van der Waals surface area contributed by atoms with Crippen molar-refractivity contribution in [1.82, 2.24) is 5.32 Å². The van der Waals surface area contributed by atoms with Gasteiger partial charge in [0.15, 0.2) is 0 Å². The average molecular weight is 330 g/mol. The lowest BCUT2D eigenvalue weighted by Gasteiger charge is -2.38. The lowest BCUT2D eigenvalue weighted by Crippen LogP contribution is -2.31. The van der Waals surface area contributed by atoms with E-state index in [4.69, 9.17) is 16.3 Å². The largest absolute Gasteiger partial charge is 0.383 e. The van der Waals surface area contributed by atoms with Crippen LogP contribution in [0.5, 0.6) is 0 Å². The summed E-state index contributed by atoms with van der Waals surface area (Å²) in [6.07, 6.45) is 10.8.